The molecule has 0 fully saturated rings. The van der Waals surface area contributed by atoms with E-state index in [1.54, 1.807) is 0 Å². The zero-order valence-corrected chi connectivity index (χ0v) is 18.0. The van der Waals surface area contributed by atoms with Crippen molar-refractivity contribution in [2.75, 3.05) is 18.1 Å². The molecule has 0 aliphatic rings. The standard InChI is InChI=1S/C20H25BrN2O3S/c1-3-4-5-16-8-12-19(13-9-16)22-20(24)15-23(27(2,25)26)14-17-6-10-18(21)11-7-17/h6-13H,3-5,14-15H2,1-2H3,(H,22,24). The second kappa shape index (κ2) is 10.0. The molecule has 0 radical (unpaired) electrons. The van der Waals surface area contributed by atoms with Crippen LogP contribution in [0.3, 0.4) is 0 Å². The maximum atomic E-state index is 12.3. The number of nitrogens with zero attached hydrogens (tertiary/aromatic N) is 1. The molecule has 1 N–H and O–H groups in total. The first-order valence-electron chi connectivity index (χ1n) is 8.86. The first kappa shape index (κ1) is 21.6. The molecule has 1 amide bonds. The molecule has 0 unspecified atom stereocenters. The van der Waals surface area contributed by atoms with Crippen molar-refractivity contribution in [3.8, 4) is 0 Å². The van der Waals surface area contributed by atoms with Crippen LogP contribution in [0, 0.1) is 0 Å². The summed E-state index contributed by atoms with van der Waals surface area (Å²) < 4.78 is 26.2. The Kier molecular flexibility index (Phi) is 8.01. The molecule has 146 valence electrons. The predicted octanol–water partition coefficient (Wildman–Crippen LogP) is 4.19. The Balaban J connectivity index is 2.00. The highest BCUT2D eigenvalue weighted by Crippen LogP contribution is 2.15. The summed E-state index contributed by atoms with van der Waals surface area (Å²) >= 11 is 3.35. The monoisotopic (exact) mass is 452 g/mol. The number of amides is 1. The number of anilines is 1. The lowest BCUT2D eigenvalue weighted by Crippen LogP contribution is -2.36. The molecule has 2 rings (SSSR count). The number of unbranched alkanes of at least 4 members (excludes halogenated alkanes) is 1. The van der Waals surface area contributed by atoms with E-state index in [1.807, 2.05) is 48.5 Å². The quantitative estimate of drug-likeness (QED) is 0.619. The normalized spacial score (nSPS) is 11.6. The minimum Gasteiger partial charge on any atom is -0.325 e. The predicted molar refractivity (Wildman–Crippen MR) is 113 cm³/mol. The number of benzene rings is 2. The van der Waals surface area contributed by atoms with Crippen LogP contribution in [-0.4, -0.2) is 31.4 Å². The van der Waals surface area contributed by atoms with Crippen LogP contribution >= 0.6 is 15.9 Å². The van der Waals surface area contributed by atoms with Gasteiger partial charge in [-0.3, -0.25) is 4.79 Å². The lowest BCUT2D eigenvalue weighted by atomic mass is 10.1. The van der Waals surface area contributed by atoms with E-state index in [-0.39, 0.29) is 19.0 Å². The first-order chi connectivity index (χ1) is 12.8. The number of hydrogen-bond donors (Lipinski definition) is 1. The Bertz CT molecular complexity index is 850. The average Bonchev–Trinajstić information content (AvgIpc) is 2.61. The third-order valence-corrected chi connectivity index (χ3v) is 5.84. The van der Waals surface area contributed by atoms with E-state index in [2.05, 4.69) is 28.2 Å². The Hall–Kier alpha value is -1.70. The summed E-state index contributed by atoms with van der Waals surface area (Å²) in [7, 11) is -3.52. The van der Waals surface area contributed by atoms with E-state index in [0.29, 0.717) is 5.69 Å². The van der Waals surface area contributed by atoms with Gasteiger partial charge in [0.1, 0.15) is 0 Å². The van der Waals surface area contributed by atoms with Gasteiger partial charge in [0, 0.05) is 16.7 Å². The van der Waals surface area contributed by atoms with Crippen LogP contribution in [0.1, 0.15) is 30.9 Å². The van der Waals surface area contributed by atoms with Crippen LogP contribution in [0.15, 0.2) is 53.0 Å². The molecule has 27 heavy (non-hydrogen) atoms. The highest BCUT2D eigenvalue weighted by Gasteiger charge is 2.20. The van der Waals surface area contributed by atoms with Crippen molar-refractivity contribution >= 4 is 37.5 Å². The smallest absolute Gasteiger partial charge is 0.239 e. The van der Waals surface area contributed by atoms with Gasteiger partial charge in [0.15, 0.2) is 0 Å². The molecular formula is C20H25BrN2O3S. The summed E-state index contributed by atoms with van der Waals surface area (Å²) in [6.07, 6.45) is 4.39. The third kappa shape index (κ3) is 7.44. The highest BCUT2D eigenvalue weighted by atomic mass is 79.9. The summed E-state index contributed by atoms with van der Waals surface area (Å²) in [6.45, 7) is 2.07. The van der Waals surface area contributed by atoms with Crippen LogP contribution in [0.5, 0.6) is 0 Å². The highest BCUT2D eigenvalue weighted by molar-refractivity contribution is 9.10. The van der Waals surface area contributed by atoms with Crippen molar-refractivity contribution in [2.45, 2.75) is 32.7 Å². The van der Waals surface area contributed by atoms with Crippen molar-refractivity contribution in [1.29, 1.82) is 0 Å². The van der Waals surface area contributed by atoms with Gasteiger partial charge in [0.05, 0.1) is 12.8 Å². The van der Waals surface area contributed by atoms with Crippen molar-refractivity contribution in [3.05, 3.63) is 64.1 Å². The fourth-order valence-electron chi connectivity index (χ4n) is 2.58. The molecule has 0 bridgehead atoms. The van der Waals surface area contributed by atoms with Crippen LogP contribution in [-0.2, 0) is 27.8 Å². The molecular weight excluding hydrogens is 428 g/mol. The number of carbonyl (C=O) groups excluding carboxylic acids is 1. The van der Waals surface area contributed by atoms with E-state index < -0.39 is 10.0 Å². The van der Waals surface area contributed by atoms with Crippen LogP contribution < -0.4 is 5.32 Å². The van der Waals surface area contributed by atoms with Gasteiger partial charge >= 0.3 is 0 Å². The van der Waals surface area contributed by atoms with Gasteiger partial charge < -0.3 is 5.32 Å². The van der Waals surface area contributed by atoms with E-state index in [4.69, 9.17) is 0 Å². The second-order valence-electron chi connectivity index (χ2n) is 6.51. The molecule has 0 aromatic heterocycles. The lowest BCUT2D eigenvalue weighted by Gasteiger charge is -2.19. The molecule has 0 heterocycles. The molecule has 5 nitrogen and oxygen atoms in total. The third-order valence-electron chi connectivity index (χ3n) is 4.12. The largest absolute Gasteiger partial charge is 0.325 e. The van der Waals surface area contributed by atoms with E-state index >= 15 is 0 Å². The molecule has 2 aromatic rings. The zero-order valence-electron chi connectivity index (χ0n) is 15.6. The van der Waals surface area contributed by atoms with Crippen molar-refractivity contribution in [1.82, 2.24) is 4.31 Å². The van der Waals surface area contributed by atoms with Gasteiger partial charge in [0.2, 0.25) is 15.9 Å². The van der Waals surface area contributed by atoms with Crippen molar-refractivity contribution < 1.29 is 13.2 Å². The molecule has 0 aliphatic carbocycles. The summed E-state index contributed by atoms with van der Waals surface area (Å²) in [4.78, 5) is 12.3. The van der Waals surface area contributed by atoms with E-state index in [0.717, 1.165) is 35.6 Å². The van der Waals surface area contributed by atoms with Crippen molar-refractivity contribution in [2.24, 2.45) is 0 Å². The Morgan fingerprint density at radius 3 is 2.19 bits per heavy atom. The average molecular weight is 453 g/mol. The fraction of sp³-hybridized carbons (Fsp3) is 0.350. The summed E-state index contributed by atoms with van der Waals surface area (Å²) in [5.41, 5.74) is 2.71. The number of aryl methyl sites for hydroxylation is 1. The van der Waals surface area contributed by atoms with Gasteiger partial charge in [-0.25, -0.2) is 8.42 Å². The van der Waals surface area contributed by atoms with Gasteiger partial charge in [-0.05, 0) is 48.2 Å². The molecule has 0 aliphatic heterocycles. The number of hydrogen-bond acceptors (Lipinski definition) is 3. The zero-order chi connectivity index (χ0) is 19.9. The lowest BCUT2D eigenvalue weighted by molar-refractivity contribution is -0.116. The Labute approximate surface area is 170 Å². The van der Waals surface area contributed by atoms with Gasteiger partial charge in [-0.1, -0.05) is 53.5 Å². The van der Waals surface area contributed by atoms with E-state index in [1.165, 1.54) is 9.87 Å². The van der Waals surface area contributed by atoms with Crippen molar-refractivity contribution in [3.63, 3.8) is 0 Å². The number of sulfonamides is 1. The van der Waals surface area contributed by atoms with Crippen LogP contribution in [0.4, 0.5) is 5.69 Å². The SMILES string of the molecule is CCCCc1ccc(NC(=O)CN(Cc2ccc(Br)cc2)S(C)(=O)=O)cc1. The Morgan fingerprint density at radius 1 is 1.04 bits per heavy atom. The molecule has 2 aromatic carbocycles. The van der Waals surface area contributed by atoms with Gasteiger partial charge in [-0.2, -0.15) is 4.31 Å². The topological polar surface area (TPSA) is 66.5 Å². The summed E-state index contributed by atoms with van der Waals surface area (Å²) in [5, 5.41) is 2.77. The number of rotatable bonds is 9. The maximum absolute atomic E-state index is 12.3. The molecule has 7 heteroatoms. The first-order valence-corrected chi connectivity index (χ1v) is 11.5. The molecule has 0 saturated heterocycles. The van der Waals surface area contributed by atoms with Crippen LogP contribution in [0.25, 0.3) is 0 Å². The molecule has 0 atom stereocenters. The number of carbonyl (C=O) groups is 1. The summed E-state index contributed by atoms with van der Waals surface area (Å²) in [6, 6.07) is 15.0. The Morgan fingerprint density at radius 2 is 1.63 bits per heavy atom. The summed E-state index contributed by atoms with van der Waals surface area (Å²) in [5.74, 6) is -0.362. The van der Waals surface area contributed by atoms with Gasteiger partial charge in [0.25, 0.3) is 0 Å². The number of halogens is 1. The second-order valence-corrected chi connectivity index (χ2v) is 9.40. The molecule has 0 spiro atoms. The van der Waals surface area contributed by atoms with Crippen LogP contribution in [0.2, 0.25) is 0 Å². The minimum absolute atomic E-state index is 0.148. The minimum atomic E-state index is -3.52. The fourth-order valence-corrected chi connectivity index (χ4v) is 3.58. The van der Waals surface area contributed by atoms with Gasteiger partial charge in [-0.15, -0.1) is 0 Å². The number of nitrogens with one attached hydrogen (secondary N) is 1. The maximum Gasteiger partial charge on any atom is 0.239 e. The molecule has 0 saturated carbocycles. The van der Waals surface area contributed by atoms with E-state index in [9.17, 15) is 13.2 Å².